The number of pyridine rings is 1. The van der Waals surface area contributed by atoms with Crippen LogP contribution in [-0.4, -0.2) is 22.1 Å². The van der Waals surface area contributed by atoms with Crippen LogP contribution in [0.25, 0.3) is 5.57 Å². The summed E-state index contributed by atoms with van der Waals surface area (Å²) in [6.07, 6.45) is -3.28. The van der Waals surface area contributed by atoms with Crippen molar-refractivity contribution in [2.45, 2.75) is 6.18 Å². The first-order valence-corrected chi connectivity index (χ1v) is 9.52. The summed E-state index contributed by atoms with van der Waals surface area (Å²) in [5, 5.41) is 13.1. The molecular formula is C22H15ClF3N3O4. The van der Waals surface area contributed by atoms with Gasteiger partial charge in [0.1, 0.15) is 11.5 Å². The molecule has 11 heteroatoms. The lowest BCUT2D eigenvalue weighted by Gasteiger charge is -2.14. The highest BCUT2D eigenvalue weighted by molar-refractivity contribution is 6.34. The first kappa shape index (κ1) is 23.6. The van der Waals surface area contributed by atoms with Gasteiger partial charge < -0.3 is 20.5 Å². The van der Waals surface area contributed by atoms with E-state index in [4.69, 9.17) is 21.4 Å². The monoisotopic (exact) mass is 477 g/mol. The second-order valence-electron chi connectivity index (χ2n) is 6.53. The number of aliphatic carboxylic acids is 1. The third-order valence-electron chi connectivity index (χ3n) is 4.20. The van der Waals surface area contributed by atoms with Crippen LogP contribution in [0.3, 0.4) is 0 Å². The number of hydrogen-bond acceptors (Lipinski definition) is 4. The zero-order chi connectivity index (χ0) is 24.2. The fourth-order valence-corrected chi connectivity index (χ4v) is 2.90. The molecule has 3 rings (SSSR count). The standard InChI is InChI=1S/C22H15ClF3N3O4/c1-12(20(30)31)18-11-15(9-10-27-18)33-14-7-5-13(6-8-14)28-21(32)29-17-4-2-3-16(19(17)23)22(24,25)26/h2-11H,1H2,(H,30,31)(H2,28,29,32). The molecular weight excluding hydrogens is 463 g/mol. The van der Waals surface area contributed by atoms with Crippen molar-refractivity contribution in [3.8, 4) is 11.5 Å². The van der Waals surface area contributed by atoms with E-state index in [2.05, 4.69) is 22.2 Å². The molecule has 0 aliphatic carbocycles. The Hall–Kier alpha value is -4.05. The zero-order valence-electron chi connectivity index (χ0n) is 16.6. The highest BCUT2D eigenvalue weighted by atomic mass is 35.5. The SMILES string of the molecule is C=C(C(=O)O)c1cc(Oc2ccc(NC(=O)Nc3cccc(C(F)(F)F)c3Cl)cc2)ccn1. The molecule has 33 heavy (non-hydrogen) atoms. The number of urea groups is 1. The van der Waals surface area contributed by atoms with Crippen LogP contribution >= 0.6 is 11.6 Å². The number of halogens is 4. The first-order chi connectivity index (χ1) is 15.5. The highest BCUT2D eigenvalue weighted by Gasteiger charge is 2.34. The van der Waals surface area contributed by atoms with Crippen molar-refractivity contribution in [2.24, 2.45) is 0 Å². The molecule has 0 unspecified atom stereocenters. The molecule has 0 aliphatic heterocycles. The van der Waals surface area contributed by atoms with Gasteiger partial charge in [-0.1, -0.05) is 24.2 Å². The highest BCUT2D eigenvalue weighted by Crippen LogP contribution is 2.38. The molecule has 3 N–H and O–H groups in total. The summed E-state index contributed by atoms with van der Waals surface area (Å²) in [5.74, 6) is -0.514. The molecule has 3 aromatic rings. The van der Waals surface area contributed by atoms with Gasteiger partial charge in [-0.15, -0.1) is 0 Å². The molecule has 0 fully saturated rings. The fourth-order valence-electron chi connectivity index (χ4n) is 2.62. The van der Waals surface area contributed by atoms with Crippen molar-refractivity contribution in [3.63, 3.8) is 0 Å². The average Bonchev–Trinajstić information content (AvgIpc) is 2.75. The normalized spacial score (nSPS) is 10.9. The Kier molecular flexibility index (Phi) is 6.88. The largest absolute Gasteiger partial charge is 0.478 e. The van der Waals surface area contributed by atoms with Crippen LogP contribution < -0.4 is 15.4 Å². The Balaban J connectivity index is 1.65. The summed E-state index contributed by atoms with van der Waals surface area (Å²) in [6.45, 7) is 3.44. The van der Waals surface area contributed by atoms with Crippen LogP contribution in [0.4, 0.5) is 29.3 Å². The summed E-state index contributed by atoms with van der Waals surface area (Å²) in [5.41, 5.74) is -0.970. The molecule has 0 radical (unpaired) electrons. The van der Waals surface area contributed by atoms with Gasteiger partial charge in [-0.2, -0.15) is 13.2 Å². The number of rotatable bonds is 6. The Bertz CT molecular complexity index is 1210. The molecule has 1 heterocycles. The molecule has 0 atom stereocenters. The molecule has 2 amide bonds. The Morgan fingerprint density at radius 1 is 1.03 bits per heavy atom. The van der Waals surface area contributed by atoms with Crippen molar-refractivity contribution in [2.75, 3.05) is 10.6 Å². The molecule has 2 aromatic carbocycles. The van der Waals surface area contributed by atoms with Gasteiger partial charge in [-0.25, -0.2) is 9.59 Å². The van der Waals surface area contributed by atoms with E-state index in [9.17, 15) is 22.8 Å². The third kappa shape index (κ3) is 6.01. The van der Waals surface area contributed by atoms with Crippen LogP contribution in [0.2, 0.25) is 5.02 Å². The lowest BCUT2D eigenvalue weighted by atomic mass is 10.2. The number of ether oxygens (including phenoxy) is 1. The van der Waals surface area contributed by atoms with E-state index < -0.39 is 28.8 Å². The van der Waals surface area contributed by atoms with Crippen LogP contribution in [0, 0.1) is 0 Å². The van der Waals surface area contributed by atoms with Gasteiger partial charge in [-0.05, 0) is 42.5 Å². The number of carboxylic acids is 1. The number of carboxylic acid groups (broad SMARTS) is 1. The van der Waals surface area contributed by atoms with Crippen LogP contribution in [0.1, 0.15) is 11.3 Å². The number of carbonyl (C=O) groups excluding carboxylic acids is 1. The zero-order valence-corrected chi connectivity index (χ0v) is 17.4. The van der Waals surface area contributed by atoms with Crippen LogP contribution in [-0.2, 0) is 11.0 Å². The van der Waals surface area contributed by atoms with Crippen molar-refractivity contribution in [3.05, 3.63) is 83.7 Å². The number of carbonyl (C=O) groups is 2. The molecule has 0 bridgehead atoms. The molecule has 170 valence electrons. The fraction of sp³-hybridized carbons (Fsp3) is 0.0455. The second kappa shape index (κ2) is 9.61. The maximum absolute atomic E-state index is 12.9. The summed E-state index contributed by atoms with van der Waals surface area (Å²) in [6, 6.07) is 11.4. The van der Waals surface area contributed by atoms with Crippen molar-refractivity contribution < 1.29 is 32.6 Å². The quantitative estimate of drug-likeness (QED) is 0.362. The van der Waals surface area contributed by atoms with E-state index in [1.54, 1.807) is 0 Å². The molecule has 0 aliphatic rings. The maximum Gasteiger partial charge on any atom is 0.417 e. The lowest BCUT2D eigenvalue weighted by Crippen LogP contribution is -2.20. The maximum atomic E-state index is 12.9. The Labute approximate surface area is 190 Å². The van der Waals surface area contributed by atoms with Gasteiger partial charge in [0, 0.05) is 18.0 Å². The minimum Gasteiger partial charge on any atom is -0.478 e. The van der Waals surface area contributed by atoms with E-state index in [-0.39, 0.29) is 17.0 Å². The number of nitrogens with zero attached hydrogens (tertiary/aromatic N) is 1. The summed E-state index contributed by atoms with van der Waals surface area (Å²) < 4.78 is 44.5. The number of anilines is 2. The second-order valence-corrected chi connectivity index (χ2v) is 6.91. The lowest BCUT2D eigenvalue weighted by molar-refractivity contribution is -0.137. The predicted molar refractivity (Wildman–Crippen MR) is 117 cm³/mol. The predicted octanol–water partition coefficient (Wildman–Crippen LogP) is 6.29. The van der Waals surface area contributed by atoms with Gasteiger partial charge in [-0.3, -0.25) is 4.98 Å². The van der Waals surface area contributed by atoms with Crippen molar-refractivity contribution >= 4 is 40.5 Å². The smallest absolute Gasteiger partial charge is 0.417 e. The van der Waals surface area contributed by atoms with E-state index in [1.165, 1.54) is 48.7 Å². The van der Waals surface area contributed by atoms with E-state index >= 15 is 0 Å². The van der Waals surface area contributed by atoms with E-state index in [0.717, 1.165) is 12.1 Å². The Morgan fingerprint density at radius 2 is 1.73 bits per heavy atom. The summed E-state index contributed by atoms with van der Waals surface area (Å²) in [4.78, 5) is 27.1. The summed E-state index contributed by atoms with van der Waals surface area (Å²) >= 11 is 5.76. The molecule has 7 nitrogen and oxygen atoms in total. The minimum atomic E-state index is -4.66. The third-order valence-corrected chi connectivity index (χ3v) is 4.61. The molecule has 0 saturated heterocycles. The topological polar surface area (TPSA) is 101 Å². The number of hydrogen-bond donors (Lipinski definition) is 3. The number of nitrogens with one attached hydrogen (secondary N) is 2. The van der Waals surface area contributed by atoms with Crippen molar-refractivity contribution in [1.82, 2.24) is 4.98 Å². The van der Waals surface area contributed by atoms with Crippen molar-refractivity contribution in [1.29, 1.82) is 0 Å². The number of alkyl halides is 3. The molecule has 0 saturated carbocycles. The Morgan fingerprint density at radius 3 is 2.36 bits per heavy atom. The first-order valence-electron chi connectivity index (χ1n) is 9.15. The average molecular weight is 478 g/mol. The van der Waals surface area contributed by atoms with Crippen LogP contribution in [0.5, 0.6) is 11.5 Å². The number of benzene rings is 2. The van der Waals surface area contributed by atoms with E-state index in [0.29, 0.717) is 17.2 Å². The van der Waals surface area contributed by atoms with Crippen LogP contribution in [0.15, 0.2) is 67.4 Å². The molecule has 1 aromatic heterocycles. The number of amides is 2. The van der Waals surface area contributed by atoms with Gasteiger partial charge in [0.15, 0.2) is 0 Å². The molecule has 0 spiro atoms. The summed E-state index contributed by atoms with van der Waals surface area (Å²) in [7, 11) is 0. The van der Waals surface area contributed by atoms with Gasteiger partial charge in [0.2, 0.25) is 0 Å². The van der Waals surface area contributed by atoms with Gasteiger partial charge in [0.25, 0.3) is 0 Å². The van der Waals surface area contributed by atoms with Gasteiger partial charge >= 0.3 is 18.2 Å². The minimum absolute atomic E-state index is 0.142. The van der Waals surface area contributed by atoms with Gasteiger partial charge in [0.05, 0.1) is 27.5 Å². The number of aromatic nitrogens is 1. The van der Waals surface area contributed by atoms with E-state index in [1.807, 2.05) is 0 Å².